The normalized spacial score (nSPS) is 10.6. The molecule has 0 unspecified atom stereocenters. The van der Waals surface area contributed by atoms with Gasteiger partial charge in [-0.1, -0.05) is 37.3 Å². The highest BCUT2D eigenvalue weighted by Crippen LogP contribution is 2.27. The van der Waals surface area contributed by atoms with Crippen molar-refractivity contribution in [2.45, 2.75) is 13.3 Å². The van der Waals surface area contributed by atoms with E-state index in [2.05, 4.69) is 24.2 Å². The van der Waals surface area contributed by atoms with Crippen LogP contribution < -0.4 is 4.74 Å². The molecule has 3 aromatic carbocycles. The first-order valence-corrected chi connectivity index (χ1v) is 9.79. The number of benzene rings is 3. The molecule has 0 spiro atoms. The highest BCUT2D eigenvalue weighted by Gasteiger charge is 2.18. The van der Waals surface area contributed by atoms with Gasteiger partial charge >= 0.3 is 5.97 Å². The second-order valence-corrected chi connectivity index (χ2v) is 6.78. The summed E-state index contributed by atoms with van der Waals surface area (Å²) >= 11 is 0. The highest BCUT2D eigenvalue weighted by atomic mass is 16.5. The van der Waals surface area contributed by atoms with Crippen LogP contribution >= 0.6 is 0 Å². The number of hydrogen-bond donors (Lipinski definition) is 0. The van der Waals surface area contributed by atoms with Crippen LogP contribution in [0, 0.1) is 0 Å². The number of ether oxygens (including phenoxy) is 2. The molecule has 4 rings (SSSR count). The zero-order chi connectivity index (χ0) is 20.9. The molecule has 0 amide bonds. The lowest BCUT2D eigenvalue weighted by atomic mass is 10.1. The molecule has 0 radical (unpaired) electrons. The second-order valence-electron chi connectivity index (χ2n) is 6.78. The van der Waals surface area contributed by atoms with Crippen molar-refractivity contribution in [2.24, 2.45) is 0 Å². The minimum absolute atomic E-state index is 0.370. The van der Waals surface area contributed by atoms with E-state index in [9.17, 15) is 4.79 Å². The molecular weight excluding hydrogens is 376 g/mol. The Kier molecular flexibility index (Phi) is 5.61. The fraction of sp³-hybridized carbons (Fsp3) is 0.120. The van der Waals surface area contributed by atoms with Gasteiger partial charge < -0.3 is 9.47 Å². The maximum absolute atomic E-state index is 12.3. The van der Waals surface area contributed by atoms with Gasteiger partial charge in [0.15, 0.2) is 5.69 Å². The van der Waals surface area contributed by atoms with Gasteiger partial charge in [-0.05, 0) is 66.6 Å². The predicted molar refractivity (Wildman–Crippen MR) is 116 cm³/mol. The fourth-order valence-electron chi connectivity index (χ4n) is 3.16. The van der Waals surface area contributed by atoms with Crippen molar-refractivity contribution in [3.05, 3.63) is 96.2 Å². The zero-order valence-corrected chi connectivity index (χ0v) is 16.9. The molecule has 0 fully saturated rings. The van der Waals surface area contributed by atoms with Gasteiger partial charge in [0.05, 0.1) is 18.5 Å². The van der Waals surface area contributed by atoms with Crippen molar-refractivity contribution in [3.8, 4) is 28.4 Å². The standard InChI is InChI=1S/C25H22N2O3/c1-3-18-9-13-21(14-10-18)30-22-15-11-19(12-16-22)23-17-24(25(28)29-2)27(26-23)20-7-5-4-6-8-20/h4-17H,3H2,1-2H3. The Morgan fingerprint density at radius 1 is 0.900 bits per heavy atom. The van der Waals surface area contributed by atoms with Crippen molar-refractivity contribution in [1.82, 2.24) is 9.78 Å². The number of hydrogen-bond acceptors (Lipinski definition) is 4. The molecule has 0 saturated heterocycles. The van der Waals surface area contributed by atoms with Crippen molar-refractivity contribution in [1.29, 1.82) is 0 Å². The number of carbonyl (C=O) groups excluding carboxylic acids is 1. The lowest BCUT2D eigenvalue weighted by Crippen LogP contribution is -2.09. The van der Waals surface area contributed by atoms with Crippen LogP contribution in [0.5, 0.6) is 11.5 Å². The lowest BCUT2D eigenvalue weighted by Gasteiger charge is -2.07. The molecule has 0 aliphatic rings. The largest absolute Gasteiger partial charge is 0.464 e. The minimum atomic E-state index is -0.437. The molecule has 0 N–H and O–H groups in total. The number of methoxy groups -OCH3 is 1. The summed E-state index contributed by atoms with van der Waals surface area (Å²) in [5.74, 6) is 1.09. The Balaban J connectivity index is 1.60. The molecule has 0 bridgehead atoms. The third-order valence-corrected chi connectivity index (χ3v) is 4.82. The van der Waals surface area contributed by atoms with Gasteiger partial charge in [0, 0.05) is 5.56 Å². The van der Waals surface area contributed by atoms with Crippen molar-refractivity contribution in [3.63, 3.8) is 0 Å². The van der Waals surface area contributed by atoms with Crippen LogP contribution in [-0.4, -0.2) is 22.9 Å². The molecular formula is C25H22N2O3. The summed E-state index contributed by atoms with van der Waals surface area (Å²) in [7, 11) is 1.36. The van der Waals surface area contributed by atoms with Gasteiger partial charge in [0.25, 0.3) is 0 Å². The van der Waals surface area contributed by atoms with Gasteiger partial charge in [0.1, 0.15) is 11.5 Å². The summed E-state index contributed by atoms with van der Waals surface area (Å²) in [4.78, 5) is 12.3. The number of carbonyl (C=O) groups is 1. The van der Waals surface area contributed by atoms with Crippen LogP contribution in [0.15, 0.2) is 84.9 Å². The van der Waals surface area contributed by atoms with E-state index in [0.717, 1.165) is 29.2 Å². The van der Waals surface area contributed by atoms with E-state index < -0.39 is 5.97 Å². The third kappa shape index (κ3) is 4.10. The van der Waals surface area contributed by atoms with E-state index >= 15 is 0 Å². The van der Waals surface area contributed by atoms with Crippen LogP contribution in [0.1, 0.15) is 23.0 Å². The third-order valence-electron chi connectivity index (χ3n) is 4.82. The molecule has 0 atom stereocenters. The second kappa shape index (κ2) is 8.66. The fourth-order valence-corrected chi connectivity index (χ4v) is 3.16. The molecule has 0 saturated carbocycles. The number of para-hydroxylation sites is 1. The van der Waals surface area contributed by atoms with Gasteiger partial charge in [-0.15, -0.1) is 0 Å². The number of nitrogens with zero attached hydrogens (tertiary/aromatic N) is 2. The average Bonchev–Trinajstić information content (AvgIpc) is 3.26. The predicted octanol–water partition coefficient (Wildman–Crippen LogP) is 5.68. The molecule has 1 heterocycles. The summed E-state index contributed by atoms with van der Waals surface area (Å²) in [6.45, 7) is 2.12. The maximum atomic E-state index is 12.3. The van der Waals surface area contributed by atoms with Crippen LogP contribution in [0.2, 0.25) is 0 Å². The smallest absolute Gasteiger partial charge is 0.356 e. The first-order chi connectivity index (χ1) is 14.7. The number of rotatable bonds is 6. The van der Waals surface area contributed by atoms with E-state index in [1.54, 1.807) is 10.7 Å². The Bertz CT molecular complexity index is 1130. The Morgan fingerprint density at radius 3 is 2.13 bits per heavy atom. The van der Waals surface area contributed by atoms with Crippen LogP contribution in [0.3, 0.4) is 0 Å². The van der Waals surface area contributed by atoms with E-state index in [1.807, 2.05) is 66.7 Å². The first kappa shape index (κ1) is 19.5. The Labute approximate surface area is 175 Å². The molecule has 5 nitrogen and oxygen atoms in total. The lowest BCUT2D eigenvalue weighted by molar-refractivity contribution is 0.0590. The summed E-state index contributed by atoms with van der Waals surface area (Å²) in [5, 5.41) is 4.63. The average molecular weight is 398 g/mol. The molecule has 30 heavy (non-hydrogen) atoms. The Morgan fingerprint density at radius 2 is 1.53 bits per heavy atom. The quantitative estimate of drug-likeness (QED) is 0.392. The monoisotopic (exact) mass is 398 g/mol. The van der Waals surface area contributed by atoms with E-state index in [-0.39, 0.29) is 0 Å². The highest BCUT2D eigenvalue weighted by molar-refractivity contribution is 5.89. The maximum Gasteiger partial charge on any atom is 0.356 e. The molecule has 1 aromatic heterocycles. The number of esters is 1. The summed E-state index contributed by atoms with van der Waals surface area (Å²) in [5.41, 5.74) is 3.99. The molecule has 150 valence electrons. The molecule has 0 aliphatic heterocycles. The first-order valence-electron chi connectivity index (χ1n) is 9.79. The molecule has 0 aliphatic carbocycles. The topological polar surface area (TPSA) is 53.4 Å². The van der Waals surface area contributed by atoms with Crippen LogP contribution in [0.25, 0.3) is 16.9 Å². The summed E-state index contributed by atoms with van der Waals surface area (Å²) in [6, 6.07) is 26.9. The number of aromatic nitrogens is 2. The van der Waals surface area contributed by atoms with Crippen LogP contribution in [0.4, 0.5) is 0 Å². The summed E-state index contributed by atoms with van der Waals surface area (Å²) in [6.07, 6.45) is 0.998. The number of aryl methyl sites for hydroxylation is 1. The van der Waals surface area contributed by atoms with E-state index in [4.69, 9.17) is 9.47 Å². The van der Waals surface area contributed by atoms with Gasteiger partial charge in [-0.3, -0.25) is 0 Å². The zero-order valence-electron chi connectivity index (χ0n) is 16.9. The van der Waals surface area contributed by atoms with Crippen LogP contribution in [-0.2, 0) is 11.2 Å². The SMILES string of the molecule is CCc1ccc(Oc2ccc(-c3cc(C(=O)OC)n(-c4ccccc4)n3)cc2)cc1. The van der Waals surface area contributed by atoms with Gasteiger partial charge in [-0.2, -0.15) is 5.10 Å². The van der Waals surface area contributed by atoms with Crippen molar-refractivity contribution >= 4 is 5.97 Å². The summed E-state index contributed by atoms with van der Waals surface area (Å²) < 4.78 is 12.5. The van der Waals surface area contributed by atoms with Gasteiger partial charge in [0.2, 0.25) is 0 Å². The molecule has 4 aromatic rings. The van der Waals surface area contributed by atoms with Gasteiger partial charge in [-0.25, -0.2) is 9.48 Å². The minimum Gasteiger partial charge on any atom is -0.464 e. The molecule has 5 heteroatoms. The van der Waals surface area contributed by atoms with Crippen molar-refractivity contribution in [2.75, 3.05) is 7.11 Å². The van der Waals surface area contributed by atoms with E-state index in [1.165, 1.54) is 12.7 Å². The Hall–Kier alpha value is -3.86. The van der Waals surface area contributed by atoms with E-state index in [0.29, 0.717) is 11.4 Å². The van der Waals surface area contributed by atoms with Crippen molar-refractivity contribution < 1.29 is 14.3 Å².